The summed E-state index contributed by atoms with van der Waals surface area (Å²) in [5.74, 6) is 4.33. The fraction of sp³-hybridized carbons (Fsp3) is 0.250. The molecule has 0 bridgehead atoms. The number of furan rings is 1. The highest BCUT2D eigenvalue weighted by atomic mass is 16.5. The number of terminal acetylenes is 1. The Morgan fingerprint density at radius 2 is 2.00 bits per heavy atom. The van der Waals surface area contributed by atoms with Gasteiger partial charge in [0.15, 0.2) is 0 Å². The Morgan fingerprint density at radius 1 is 1.22 bits per heavy atom. The Balaban J connectivity index is 2.13. The van der Waals surface area contributed by atoms with Crippen LogP contribution in [-0.4, -0.2) is 6.61 Å². The van der Waals surface area contributed by atoms with Gasteiger partial charge in [-0.1, -0.05) is 36.3 Å². The van der Waals surface area contributed by atoms with Gasteiger partial charge in [-0.15, -0.1) is 6.42 Å². The third-order valence-electron chi connectivity index (χ3n) is 2.72. The lowest BCUT2D eigenvalue weighted by Crippen LogP contribution is -2.07. The van der Waals surface area contributed by atoms with Crippen LogP contribution in [0.25, 0.3) is 0 Å². The Bertz CT molecular complexity index is 520. The van der Waals surface area contributed by atoms with Crippen LogP contribution in [0.2, 0.25) is 0 Å². The van der Waals surface area contributed by atoms with Crippen LogP contribution in [0.3, 0.4) is 0 Å². The van der Waals surface area contributed by atoms with Crippen molar-refractivity contribution in [3.63, 3.8) is 0 Å². The van der Waals surface area contributed by atoms with E-state index in [1.807, 2.05) is 49.4 Å². The molecule has 2 nitrogen and oxygen atoms in total. The van der Waals surface area contributed by atoms with Gasteiger partial charge in [0.25, 0.3) is 0 Å². The summed E-state index contributed by atoms with van der Waals surface area (Å²) in [6.07, 6.45) is 5.89. The lowest BCUT2D eigenvalue weighted by molar-refractivity contribution is 0.0739. The molecule has 2 aromatic rings. The first-order valence-corrected chi connectivity index (χ1v) is 5.95. The summed E-state index contributed by atoms with van der Waals surface area (Å²) in [6, 6.07) is 14.0. The minimum Gasteiger partial charge on any atom is -0.466 e. The van der Waals surface area contributed by atoms with Gasteiger partial charge in [0.1, 0.15) is 18.1 Å². The Labute approximate surface area is 108 Å². The molecule has 2 heteroatoms. The number of rotatable bonds is 5. The van der Waals surface area contributed by atoms with E-state index in [1.54, 1.807) is 0 Å². The topological polar surface area (TPSA) is 22.4 Å². The van der Waals surface area contributed by atoms with E-state index in [2.05, 4.69) is 5.92 Å². The minimum atomic E-state index is -0.0622. The number of benzene rings is 1. The van der Waals surface area contributed by atoms with Crippen molar-refractivity contribution in [2.24, 2.45) is 0 Å². The molecule has 0 saturated heterocycles. The molecule has 1 heterocycles. The monoisotopic (exact) mass is 240 g/mol. The van der Waals surface area contributed by atoms with Crippen LogP contribution >= 0.6 is 0 Å². The quantitative estimate of drug-likeness (QED) is 0.746. The molecule has 1 aromatic heterocycles. The van der Waals surface area contributed by atoms with Crippen molar-refractivity contribution in [3.8, 4) is 12.3 Å². The minimum absolute atomic E-state index is 0.0622. The molecule has 0 amide bonds. The molecule has 0 saturated carbocycles. The van der Waals surface area contributed by atoms with Gasteiger partial charge in [-0.2, -0.15) is 0 Å². The lowest BCUT2D eigenvalue weighted by atomic mass is 10.1. The maximum atomic E-state index is 5.69. The highest BCUT2D eigenvalue weighted by molar-refractivity contribution is 5.20. The summed E-state index contributed by atoms with van der Waals surface area (Å²) in [5.41, 5.74) is 1.11. The van der Waals surface area contributed by atoms with Crippen LogP contribution in [0.5, 0.6) is 0 Å². The largest absolute Gasteiger partial charge is 0.466 e. The smallest absolute Gasteiger partial charge is 0.108 e. The first kappa shape index (κ1) is 12.5. The van der Waals surface area contributed by atoms with Gasteiger partial charge >= 0.3 is 0 Å². The predicted molar refractivity (Wildman–Crippen MR) is 71.1 cm³/mol. The molecule has 92 valence electrons. The molecule has 0 fully saturated rings. The molecule has 0 N–H and O–H groups in total. The number of hydrogen-bond acceptors (Lipinski definition) is 2. The van der Waals surface area contributed by atoms with Gasteiger partial charge in [0, 0.05) is 6.42 Å². The van der Waals surface area contributed by atoms with Gasteiger partial charge in [0.05, 0.1) is 6.10 Å². The molecule has 1 aromatic carbocycles. The SMILES string of the molecule is C#CCOC(Cc1ccc(C)o1)c1ccccc1. The van der Waals surface area contributed by atoms with Crippen LogP contribution in [0.1, 0.15) is 23.2 Å². The van der Waals surface area contributed by atoms with Crippen molar-refractivity contribution in [2.45, 2.75) is 19.4 Å². The Hall–Kier alpha value is -1.98. The average Bonchev–Trinajstić information content (AvgIpc) is 2.81. The van der Waals surface area contributed by atoms with Crippen molar-refractivity contribution in [1.82, 2.24) is 0 Å². The van der Waals surface area contributed by atoms with Gasteiger partial charge < -0.3 is 9.15 Å². The van der Waals surface area contributed by atoms with E-state index in [4.69, 9.17) is 15.6 Å². The average molecular weight is 240 g/mol. The Kier molecular flexibility index (Phi) is 4.22. The van der Waals surface area contributed by atoms with E-state index in [1.165, 1.54) is 0 Å². The molecular formula is C16H16O2. The first-order valence-electron chi connectivity index (χ1n) is 5.95. The van der Waals surface area contributed by atoms with E-state index >= 15 is 0 Å². The molecule has 0 aliphatic rings. The number of ether oxygens (including phenoxy) is 1. The van der Waals surface area contributed by atoms with Gasteiger partial charge in [-0.3, -0.25) is 0 Å². The zero-order valence-electron chi connectivity index (χ0n) is 10.4. The van der Waals surface area contributed by atoms with Gasteiger partial charge in [0.2, 0.25) is 0 Å². The van der Waals surface area contributed by atoms with Crippen molar-refractivity contribution in [3.05, 3.63) is 59.5 Å². The lowest BCUT2D eigenvalue weighted by Gasteiger charge is -2.15. The molecule has 0 radical (unpaired) electrons. The van der Waals surface area contributed by atoms with Gasteiger partial charge in [-0.05, 0) is 24.6 Å². The number of hydrogen-bond donors (Lipinski definition) is 0. The molecule has 2 rings (SSSR count). The van der Waals surface area contributed by atoms with E-state index < -0.39 is 0 Å². The fourth-order valence-corrected chi connectivity index (χ4v) is 1.87. The highest BCUT2D eigenvalue weighted by Crippen LogP contribution is 2.23. The second-order valence-electron chi connectivity index (χ2n) is 4.13. The second kappa shape index (κ2) is 6.09. The van der Waals surface area contributed by atoms with Crippen molar-refractivity contribution in [2.75, 3.05) is 6.61 Å². The Morgan fingerprint density at radius 3 is 2.61 bits per heavy atom. The molecule has 1 atom stereocenters. The fourth-order valence-electron chi connectivity index (χ4n) is 1.87. The number of aryl methyl sites for hydroxylation is 1. The van der Waals surface area contributed by atoms with Crippen molar-refractivity contribution in [1.29, 1.82) is 0 Å². The highest BCUT2D eigenvalue weighted by Gasteiger charge is 2.14. The zero-order chi connectivity index (χ0) is 12.8. The van der Waals surface area contributed by atoms with Crippen LogP contribution < -0.4 is 0 Å². The summed E-state index contributed by atoms with van der Waals surface area (Å²) in [5, 5.41) is 0. The zero-order valence-corrected chi connectivity index (χ0v) is 10.4. The summed E-state index contributed by atoms with van der Waals surface area (Å²) in [4.78, 5) is 0. The predicted octanol–water partition coefficient (Wildman–Crippen LogP) is 3.52. The maximum Gasteiger partial charge on any atom is 0.108 e. The van der Waals surface area contributed by atoms with Crippen LogP contribution in [0.4, 0.5) is 0 Å². The standard InChI is InChI=1S/C16H16O2/c1-3-11-17-16(14-7-5-4-6-8-14)12-15-10-9-13(2)18-15/h1,4-10,16H,11-12H2,2H3. The maximum absolute atomic E-state index is 5.69. The summed E-state index contributed by atoms with van der Waals surface area (Å²) in [6.45, 7) is 2.24. The molecule has 0 aliphatic carbocycles. The first-order chi connectivity index (χ1) is 8.79. The molecule has 0 aliphatic heterocycles. The molecule has 0 spiro atoms. The van der Waals surface area contributed by atoms with E-state index in [9.17, 15) is 0 Å². The molecular weight excluding hydrogens is 224 g/mol. The van der Waals surface area contributed by atoms with E-state index in [0.717, 1.165) is 17.1 Å². The van der Waals surface area contributed by atoms with Crippen LogP contribution in [0.15, 0.2) is 46.9 Å². The van der Waals surface area contributed by atoms with E-state index in [-0.39, 0.29) is 6.10 Å². The summed E-state index contributed by atoms with van der Waals surface area (Å²) < 4.78 is 11.3. The van der Waals surface area contributed by atoms with Crippen LogP contribution in [0, 0.1) is 19.3 Å². The third kappa shape index (κ3) is 3.26. The summed E-state index contributed by atoms with van der Waals surface area (Å²) in [7, 11) is 0. The van der Waals surface area contributed by atoms with Crippen molar-refractivity contribution >= 4 is 0 Å². The van der Waals surface area contributed by atoms with Crippen molar-refractivity contribution < 1.29 is 9.15 Å². The van der Waals surface area contributed by atoms with Gasteiger partial charge in [-0.25, -0.2) is 0 Å². The normalized spacial score (nSPS) is 12.0. The molecule has 18 heavy (non-hydrogen) atoms. The van der Waals surface area contributed by atoms with E-state index in [0.29, 0.717) is 13.0 Å². The third-order valence-corrected chi connectivity index (χ3v) is 2.72. The summed E-state index contributed by atoms with van der Waals surface area (Å²) >= 11 is 0. The second-order valence-corrected chi connectivity index (χ2v) is 4.13. The molecule has 1 unspecified atom stereocenters. The van der Waals surface area contributed by atoms with Crippen LogP contribution in [-0.2, 0) is 11.2 Å².